The summed E-state index contributed by atoms with van der Waals surface area (Å²) < 4.78 is 6.29. The maximum absolute atomic E-state index is 12.5. The molecule has 0 saturated heterocycles. The Balaban J connectivity index is 2.29. The quantitative estimate of drug-likeness (QED) is 0.744. The van der Waals surface area contributed by atoms with Crippen LogP contribution in [0.3, 0.4) is 0 Å². The van der Waals surface area contributed by atoms with Crippen LogP contribution in [0.5, 0.6) is 5.75 Å². The Morgan fingerprint density at radius 2 is 1.79 bits per heavy atom. The van der Waals surface area contributed by atoms with Crippen molar-refractivity contribution in [3.05, 3.63) is 63.1 Å². The van der Waals surface area contributed by atoms with E-state index in [0.717, 1.165) is 26.9 Å². The molecule has 128 valence electrons. The zero-order valence-corrected chi connectivity index (χ0v) is 16.4. The van der Waals surface area contributed by atoms with E-state index in [1.807, 2.05) is 44.2 Å². The lowest BCUT2D eigenvalue weighted by molar-refractivity contribution is 0.0939. The summed E-state index contributed by atoms with van der Waals surface area (Å²) in [6.07, 6.45) is 0. The van der Waals surface area contributed by atoms with Gasteiger partial charge in [0.15, 0.2) is 0 Å². The Hall–Kier alpha value is -1.81. The lowest BCUT2D eigenvalue weighted by Gasteiger charge is -2.21. The number of carbonyl (C=O) groups is 1. The first-order chi connectivity index (χ1) is 11.3. The smallest absolute Gasteiger partial charge is 0.252 e. The van der Waals surface area contributed by atoms with Gasteiger partial charge in [-0.25, -0.2) is 0 Å². The van der Waals surface area contributed by atoms with E-state index in [0.29, 0.717) is 11.5 Å². The second-order valence-corrected chi connectivity index (χ2v) is 7.13. The minimum Gasteiger partial charge on any atom is -0.496 e. The van der Waals surface area contributed by atoms with E-state index in [2.05, 4.69) is 41.2 Å². The molecule has 1 atom stereocenters. The zero-order valence-electron chi connectivity index (χ0n) is 14.8. The number of halogens is 1. The van der Waals surface area contributed by atoms with Gasteiger partial charge < -0.3 is 10.1 Å². The van der Waals surface area contributed by atoms with Crippen LogP contribution < -0.4 is 10.1 Å². The topological polar surface area (TPSA) is 38.3 Å². The number of benzene rings is 2. The highest BCUT2D eigenvalue weighted by Crippen LogP contribution is 2.32. The molecule has 0 radical (unpaired) electrons. The van der Waals surface area contributed by atoms with Crippen molar-refractivity contribution in [3.8, 4) is 5.75 Å². The number of hydrogen-bond acceptors (Lipinski definition) is 2. The summed E-state index contributed by atoms with van der Waals surface area (Å²) in [5.74, 6) is 1.16. The molecule has 0 aliphatic rings. The molecule has 0 spiro atoms. The molecule has 0 aromatic heterocycles. The lowest BCUT2D eigenvalue weighted by atomic mass is 9.93. The van der Waals surface area contributed by atoms with E-state index in [1.54, 1.807) is 7.11 Å². The fourth-order valence-corrected chi connectivity index (χ4v) is 3.27. The highest BCUT2D eigenvalue weighted by molar-refractivity contribution is 9.10. The van der Waals surface area contributed by atoms with Crippen LogP contribution in [0, 0.1) is 6.92 Å². The fourth-order valence-electron chi connectivity index (χ4n) is 2.81. The molecule has 1 N–H and O–H groups in total. The largest absolute Gasteiger partial charge is 0.496 e. The minimum atomic E-state index is -0.0898. The molecule has 2 aromatic rings. The molecule has 4 heteroatoms. The van der Waals surface area contributed by atoms with Gasteiger partial charge >= 0.3 is 0 Å². The van der Waals surface area contributed by atoms with Crippen LogP contribution in [0.4, 0.5) is 0 Å². The van der Waals surface area contributed by atoms with Crippen molar-refractivity contribution in [2.24, 2.45) is 0 Å². The third-order valence-electron chi connectivity index (χ3n) is 4.17. The predicted octanol–water partition coefficient (Wildman–Crippen LogP) is 5.38. The molecule has 0 heterocycles. The number of nitrogens with one attached hydrogen (secondary N) is 1. The van der Waals surface area contributed by atoms with Crippen molar-refractivity contribution in [2.75, 3.05) is 7.11 Å². The van der Waals surface area contributed by atoms with Gasteiger partial charge in [-0.1, -0.05) is 26.0 Å². The van der Waals surface area contributed by atoms with Crippen LogP contribution in [0.15, 0.2) is 40.9 Å². The Bertz CT molecular complexity index is 740. The highest BCUT2D eigenvalue weighted by Gasteiger charge is 2.18. The molecule has 24 heavy (non-hydrogen) atoms. The zero-order chi connectivity index (χ0) is 17.9. The van der Waals surface area contributed by atoms with Gasteiger partial charge in [0.1, 0.15) is 5.75 Å². The molecule has 0 aliphatic carbocycles. The first-order valence-corrected chi connectivity index (χ1v) is 8.88. The van der Waals surface area contributed by atoms with Gasteiger partial charge in [-0.15, -0.1) is 0 Å². The van der Waals surface area contributed by atoms with Crippen molar-refractivity contribution in [3.63, 3.8) is 0 Å². The van der Waals surface area contributed by atoms with Gasteiger partial charge in [0.25, 0.3) is 5.91 Å². The van der Waals surface area contributed by atoms with E-state index in [1.165, 1.54) is 0 Å². The summed E-state index contributed by atoms with van der Waals surface area (Å²) in [6, 6.07) is 11.5. The van der Waals surface area contributed by atoms with Gasteiger partial charge in [0, 0.05) is 4.47 Å². The minimum absolute atomic E-state index is 0.0868. The van der Waals surface area contributed by atoms with Crippen molar-refractivity contribution in [2.45, 2.75) is 39.7 Å². The van der Waals surface area contributed by atoms with Gasteiger partial charge in [-0.2, -0.15) is 0 Å². The lowest BCUT2D eigenvalue weighted by Crippen LogP contribution is -2.27. The Kier molecular flexibility index (Phi) is 6.05. The first-order valence-electron chi connectivity index (χ1n) is 8.09. The highest BCUT2D eigenvalue weighted by atomic mass is 79.9. The maximum atomic E-state index is 12.5. The van der Waals surface area contributed by atoms with Gasteiger partial charge in [0.2, 0.25) is 0 Å². The number of hydrogen-bond donors (Lipinski definition) is 1. The standard InChI is InChI=1S/C20H24BrNO2/c1-12(2)16-11-17(13(3)10-19(16)24-5)14(4)22-20(23)15-8-6-7-9-18(15)21/h6-12,14H,1-5H3,(H,22,23)/t14-/m0/s1. The van der Waals surface area contributed by atoms with E-state index in [4.69, 9.17) is 4.74 Å². The summed E-state index contributed by atoms with van der Waals surface area (Å²) in [7, 11) is 1.69. The molecule has 0 aliphatic heterocycles. The van der Waals surface area contributed by atoms with E-state index in [-0.39, 0.29) is 11.9 Å². The van der Waals surface area contributed by atoms with Gasteiger partial charge in [-0.3, -0.25) is 4.79 Å². The molecule has 0 saturated carbocycles. The third-order valence-corrected chi connectivity index (χ3v) is 4.86. The van der Waals surface area contributed by atoms with E-state index < -0.39 is 0 Å². The molecular formula is C20H24BrNO2. The van der Waals surface area contributed by atoms with E-state index >= 15 is 0 Å². The predicted molar refractivity (Wildman–Crippen MR) is 102 cm³/mol. The fraction of sp³-hybridized carbons (Fsp3) is 0.350. The monoisotopic (exact) mass is 389 g/mol. The normalized spacial score (nSPS) is 12.1. The second kappa shape index (κ2) is 7.84. The van der Waals surface area contributed by atoms with Crippen molar-refractivity contribution in [1.82, 2.24) is 5.32 Å². The number of aryl methyl sites for hydroxylation is 1. The summed E-state index contributed by atoms with van der Waals surface area (Å²) >= 11 is 3.43. The summed E-state index contributed by atoms with van der Waals surface area (Å²) in [4.78, 5) is 12.5. The Morgan fingerprint density at radius 1 is 1.12 bits per heavy atom. The van der Waals surface area contributed by atoms with Gasteiger partial charge in [0.05, 0.1) is 18.7 Å². The number of carbonyl (C=O) groups excluding carboxylic acids is 1. The van der Waals surface area contributed by atoms with E-state index in [9.17, 15) is 4.79 Å². The molecular weight excluding hydrogens is 366 g/mol. The molecule has 1 amide bonds. The van der Waals surface area contributed by atoms with Crippen LogP contribution in [0.25, 0.3) is 0 Å². The molecule has 2 rings (SSSR count). The number of methoxy groups -OCH3 is 1. The average molecular weight is 390 g/mol. The molecule has 0 unspecified atom stereocenters. The number of ether oxygens (including phenoxy) is 1. The molecule has 2 aromatic carbocycles. The van der Waals surface area contributed by atoms with Crippen molar-refractivity contribution < 1.29 is 9.53 Å². The van der Waals surface area contributed by atoms with Crippen molar-refractivity contribution in [1.29, 1.82) is 0 Å². The van der Waals surface area contributed by atoms with Crippen molar-refractivity contribution >= 4 is 21.8 Å². The average Bonchev–Trinajstić information content (AvgIpc) is 2.54. The second-order valence-electron chi connectivity index (χ2n) is 6.28. The molecule has 3 nitrogen and oxygen atoms in total. The molecule has 0 bridgehead atoms. The summed E-state index contributed by atoms with van der Waals surface area (Å²) in [5, 5.41) is 3.09. The van der Waals surface area contributed by atoms with Crippen LogP contribution in [-0.4, -0.2) is 13.0 Å². The van der Waals surface area contributed by atoms with Crippen LogP contribution in [0.2, 0.25) is 0 Å². The summed E-state index contributed by atoms with van der Waals surface area (Å²) in [5.41, 5.74) is 4.01. The SMILES string of the molecule is COc1cc(C)c([C@H](C)NC(=O)c2ccccc2Br)cc1C(C)C. The van der Waals surface area contributed by atoms with Crippen LogP contribution in [-0.2, 0) is 0 Å². The van der Waals surface area contributed by atoms with Crippen LogP contribution in [0.1, 0.15) is 59.8 Å². The molecule has 0 fully saturated rings. The first kappa shape index (κ1) is 18.5. The maximum Gasteiger partial charge on any atom is 0.252 e. The number of rotatable bonds is 5. The van der Waals surface area contributed by atoms with Crippen LogP contribution >= 0.6 is 15.9 Å². The Labute approximate surface area is 152 Å². The number of amides is 1. The third kappa shape index (κ3) is 3.99. The Morgan fingerprint density at radius 3 is 2.38 bits per heavy atom. The summed E-state index contributed by atoms with van der Waals surface area (Å²) in [6.45, 7) is 8.33. The van der Waals surface area contributed by atoms with Gasteiger partial charge in [-0.05, 0) is 76.7 Å².